The van der Waals surface area contributed by atoms with Gasteiger partial charge in [-0.1, -0.05) is 48.5 Å². The van der Waals surface area contributed by atoms with Crippen LogP contribution in [0.2, 0.25) is 0 Å². The zero-order valence-electron chi connectivity index (χ0n) is 16.0. The number of pyridine rings is 1. The number of hydrogen-bond acceptors (Lipinski definition) is 3. The summed E-state index contributed by atoms with van der Waals surface area (Å²) in [5, 5.41) is 3.96. The molecule has 0 saturated heterocycles. The van der Waals surface area contributed by atoms with Crippen molar-refractivity contribution in [3.05, 3.63) is 93.8 Å². The lowest BCUT2D eigenvalue weighted by atomic mass is 9.98. The van der Waals surface area contributed by atoms with Crippen molar-refractivity contribution in [1.29, 1.82) is 0 Å². The SMILES string of the molecule is O=C(Nc1ccccc1)[C@@H]1CSc2c(C3CC3)c(Cc3ccccc3)cc(=O)n21. The number of para-hydroxylation sites is 1. The van der Waals surface area contributed by atoms with Gasteiger partial charge < -0.3 is 5.32 Å². The van der Waals surface area contributed by atoms with Gasteiger partial charge in [-0.05, 0) is 54.0 Å². The maximum Gasteiger partial charge on any atom is 0.252 e. The van der Waals surface area contributed by atoms with E-state index >= 15 is 0 Å². The number of thioether (sulfide) groups is 1. The number of anilines is 1. The summed E-state index contributed by atoms with van der Waals surface area (Å²) >= 11 is 1.65. The van der Waals surface area contributed by atoms with Crippen LogP contribution >= 0.6 is 11.8 Å². The van der Waals surface area contributed by atoms with Crippen LogP contribution in [0.25, 0.3) is 0 Å². The van der Waals surface area contributed by atoms with E-state index in [2.05, 4.69) is 17.4 Å². The summed E-state index contributed by atoms with van der Waals surface area (Å²) in [7, 11) is 0. The van der Waals surface area contributed by atoms with Gasteiger partial charge in [0.05, 0.1) is 5.03 Å². The fourth-order valence-corrected chi connectivity index (χ4v) is 5.47. The second-order valence-electron chi connectivity index (χ2n) is 7.72. The lowest BCUT2D eigenvalue weighted by Gasteiger charge is -2.18. The number of amides is 1. The van der Waals surface area contributed by atoms with Crippen molar-refractivity contribution < 1.29 is 4.79 Å². The lowest BCUT2D eigenvalue weighted by molar-refractivity contribution is -0.118. The number of nitrogens with one attached hydrogen (secondary N) is 1. The molecule has 1 saturated carbocycles. The van der Waals surface area contributed by atoms with Gasteiger partial charge in [-0.3, -0.25) is 14.2 Å². The van der Waals surface area contributed by atoms with Crippen LogP contribution in [-0.2, 0) is 11.2 Å². The Morgan fingerprint density at radius 3 is 2.41 bits per heavy atom. The van der Waals surface area contributed by atoms with E-state index in [4.69, 9.17) is 0 Å². The van der Waals surface area contributed by atoms with Crippen LogP contribution in [0.3, 0.4) is 0 Å². The lowest BCUT2D eigenvalue weighted by Crippen LogP contribution is -2.33. The maximum atomic E-state index is 13.1. The van der Waals surface area contributed by atoms with E-state index in [1.807, 2.05) is 48.5 Å². The minimum Gasteiger partial charge on any atom is -0.324 e. The van der Waals surface area contributed by atoms with Crippen LogP contribution in [-0.4, -0.2) is 16.2 Å². The topological polar surface area (TPSA) is 51.1 Å². The summed E-state index contributed by atoms with van der Waals surface area (Å²) in [4.78, 5) is 26.0. The third-order valence-corrected chi connectivity index (χ3v) is 6.76. The molecule has 4 nitrogen and oxygen atoms in total. The number of fused-ring (bicyclic) bond motifs is 1. The second kappa shape index (κ2) is 7.56. The van der Waals surface area contributed by atoms with E-state index in [0.717, 1.165) is 35.5 Å². The van der Waals surface area contributed by atoms with Gasteiger partial charge in [-0.15, -0.1) is 11.8 Å². The third-order valence-electron chi connectivity index (χ3n) is 5.59. The zero-order valence-corrected chi connectivity index (χ0v) is 16.8. The van der Waals surface area contributed by atoms with E-state index in [0.29, 0.717) is 11.7 Å². The average molecular weight is 403 g/mol. The average Bonchev–Trinajstić information content (AvgIpc) is 3.46. The van der Waals surface area contributed by atoms with Gasteiger partial charge in [-0.25, -0.2) is 0 Å². The highest BCUT2D eigenvalue weighted by Gasteiger charge is 2.37. The molecule has 1 aliphatic heterocycles. The number of rotatable bonds is 5. The van der Waals surface area contributed by atoms with Crippen LogP contribution in [0.15, 0.2) is 76.6 Å². The van der Waals surface area contributed by atoms with Gasteiger partial charge in [0.15, 0.2) is 0 Å². The first-order valence-electron chi connectivity index (χ1n) is 10.0. The van der Waals surface area contributed by atoms with Gasteiger partial charge in [0.1, 0.15) is 6.04 Å². The van der Waals surface area contributed by atoms with Crippen LogP contribution in [0, 0.1) is 0 Å². The second-order valence-corrected chi connectivity index (χ2v) is 8.72. The Morgan fingerprint density at radius 2 is 1.72 bits per heavy atom. The van der Waals surface area contributed by atoms with Crippen molar-refractivity contribution in [2.45, 2.75) is 36.2 Å². The van der Waals surface area contributed by atoms with Crippen LogP contribution in [0.1, 0.15) is 41.5 Å². The Morgan fingerprint density at radius 1 is 1.03 bits per heavy atom. The standard InChI is InChI=1S/C24H22N2O2S/c27-21-14-18(13-16-7-3-1-4-8-16)22(17-11-12-17)24-26(21)20(15-29-24)23(28)25-19-9-5-2-6-10-19/h1-10,14,17,20H,11-13,15H2,(H,25,28)/t20-/m0/s1. The quantitative estimate of drug-likeness (QED) is 0.678. The molecule has 2 heterocycles. The molecule has 0 bridgehead atoms. The molecule has 0 unspecified atom stereocenters. The molecular weight excluding hydrogens is 380 g/mol. The summed E-state index contributed by atoms with van der Waals surface area (Å²) < 4.78 is 1.73. The molecule has 3 aromatic rings. The van der Waals surface area contributed by atoms with Gasteiger partial charge in [0.2, 0.25) is 5.91 Å². The molecule has 146 valence electrons. The predicted molar refractivity (Wildman–Crippen MR) is 117 cm³/mol. The van der Waals surface area contributed by atoms with E-state index < -0.39 is 6.04 Å². The molecule has 5 heteroatoms. The third kappa shape index (κ3) is 3.62. The van der Waals surface area contributed by atoms with Crippen molar-refractivity contribution in [3.63, 3.8) is 0 Å². The molecule has 1 atom stereocenters. The zero-order chi connectivity index (χ0) is 19.8. The smallest absolute Gasteiger partial charge is 0.252 e. The Hall–Kier alpha value is -2.79. The minimum atomic E-state index is -0.467. The first-order valence-corrected chi connectivity index (χ1v) is 11.0. The summed E-state index contributed by atoms with van der Waals surface area (Å²) in [6, 6.07) is 21.0. The molecule has 1 aliphatic carbocycles. The number of benzene rings is 2. The first-order chi connectivity index (χ1) is 14.2. The summed E-state index contributed by atoms with van der Waals surface area (Å²) in [5.74, 6) is 0.990. The number of aromatic nitrogens is 1. The number of carbonyl (C=O) groups is 1. The first kappa shape index (κ1) is 18.3. The molecule has 0 radical (unpaired) electrons. The fraction of sp³-hybridized carbons (Fsp3) is 0.250. The molecule has 2 aromatic carbocycles. The summed E-state index contributed by atoms with van der Waals surface area (Å²) in [6.07, 6.45) is 3.08. The van der Waals surface area contributed by atoms with E-state index in [9.17, 15) is 9.59 Å². The summed E-state index contributed by atoms with van der Waals surface area (Å²) in [5.41, 5.74) is 4.29. The van der Waals surface area contributed by atoms with Gasteiger partial charge in [-0.2, -0.15) is 0 Å². The van der Waals surface area contributed by atoms with Crippen molar-refractivity contribution in [2.24, 2.45) is 0 Å². The van der Waals surface area contributed by atoms with Gasteiger partial charge >= 0.3 is 0 Å². The molecule has 29 heavy (non-hydrogen) atoms. The van der Waals surface area contributed by atoms with Crippen molar-refractivity contribution in [3.8, 4) is 0 Å². The van der Waals surface area contributed by atoms with Crippen LogP contribution in [0.4, 0.5) is 5.69 Å². The molecule has 1 N–H and O–H groups in total. The van der Waals surface area contributed by atoms with E-state index in [-0.39, 0.29) is 11.5 Å². The van der Waals surface area contributed by atoms with Crippen molar-refractivity contribution >= 4 is 23.4 Å². The fourth-order valence-electron chi connectivity index (χ4n) is 4.05. The van der Waals surface area contributed by atoms with E-state index in [1.165, 1.54) is 11.1 Å². The Labute approximate surface area is 174 Å². The number of nitrogens with zero attached hydrogens (tertiary/aromatic N) is 1. The summed E-state index contributed by atoms with van der Waals surface area (Å²) in [6.45, 7) is 0. The van der Waals surface area contributed by atoms with Crippen LogP contribution < -0.4 is 10.9 Å². The maximum absolute atomic E-state index is 13.1. The molecule has 1 aromatic heterocycles. The molecule has 1 fully saturated rings. The molecular formula is C24H22N2O2S. The minimum absolute atomic E-state index is 0.0754. The number of carbonyl (C=O) groups excluding carboxylic acids is 1. The highest BCUT2D eigenvalue weighted by molar-refractivity contribution is 7.99. The Balaban J connectivity index is 1.50. The van der Waals surface area contributed by atoms with Crippen LogP contribution in [0.5, 0.6) is 0 Å². The predicted octanol–water partition coefficient (Wildman–Crippen LogP) is 4.60. The van der Waals surface area contributed by atoms with Gasteiger partial charge in [0, 0.05) is 17.5 Å². The number of hydrogen-bond donors (Lipinski definition) is 1. The molecule has 5 rings (SSSR count). The molecule has 1 amide bonds. The molecule has 0 spiro atoms. The largest absolute Gasteiger partial charge is 0.324 e. The van der Waals surface area contributed by atoms with Crippen molar-refractivity contribution in [2.75, 3.05) is 11.1 Å². The van der Waals surface area contributed by atoms with Crippen molar-refractivity contribution in [1.82, 2.24) is 4.57 Å². The highest BCUT2D eigenvalue weighted by Crippen LogP contribution is 2.48. The Kier molecular flexibility index (Phi) is 4.76. The normalized spacial score (nSPS) is 17.7. The Bertz CT molecular complexity index is 1100. The highest BCUT2D eigenvalue weighted by atomic mass is 32.2. The monoisotopic (exact) mass is 402 g/mol. The molecule has 2 aliphatic rings. The van der Waals surface area contributed by atoms with E-state index in [1.54, 1.807) is 22.4 Å². The van der Waals surface area contributed by atoms with Gasteiger partial charge in [0.25, 0.3) is 5.56 Å².